The topological polar surface area (TPSA) is 96.1 Å². The summed E-state index contributed by atoms with van der Waals surface area (Å²) in [6.07, 6.45) is 3.78. The monoisotopic (exact) mass is 448 g/mol. The number of fused-ring (bicyclic) bond motifs is 3. The van der Waals surface area contributed by atoms with Crippen molar-refractivity contribution in [1.29, 1.82) is 0 Å². The fourth-order valence-corrected chi connectivity index (χ4v) is 5.40. The summed E-state index contributed by atoms with van der Waals surface area (Å²) in [5.74, 6) is 1.36. The number of hydrogen-bond acceptors (Lipinski definition) is 7. The van der Waals surface area contributed by atoms with Gasteiger partial charge in [0, 0.05) is 38.8 Å². The number of benzene rings is 2. The zero-order chi connectivity index (χ0) is 21.4. The first kappa shape index (κ1) is 20.0. The highest BCUT2D eigenvalue weighted by molar-refractivity contribution is 7.89. The minimum absolute atomic E-state index is 0.497. The van der Waals surface area contributed by atoms with E-state index in [0.29, 0.717) is 10.8 Å². The molecule has 4 aromatic rings. The molecule has 156 valence electrons. The number of hydrogen-bond donors (Lipinski definition) is 2. The summed E-state index contributed by atoms with van der Waals surface area (Å²) in [6.45, 7) is 0. The summed E-state index contributed by atoms with van der Waals surface area (Å²) in [4.78, 5) is 12.3. The number of thiophene rings is 1. The third kappa shape index (κ3) is 3.90. The third-order valence-electron chi connectivity index (χ3n) is 5.24. The standard InChI is InChI=1S/C23H20N4O2S2/c1-29-19-8-3-2-7-17(19)21-12-18-20(30-21)10-9-14-13-25-23(27-22(14)18)26-15-5-4-6-16(11-15)31(24)28/h2-8,11-13H,9-10,24H2,1H3,(H,25,26,27). The zero-order valence-corrected chi connectivity index (χ0v) is 18.4. The van der Waals surface area contributed by atoms with Crippen LogP contribution in [0.4, 0.5) is 11.6 Å². The molecular weight excluding hydrogens is 428 g/mol. The maximum atomic E-state index is 11.6. The quantitative estimate of drug-likeness (QED) is 0.430. The van der Waals surface area contributed by atoms with Crippen molar-refractivity contribution < 1.29 is 9.29 Å². The maximum absolute atomic E-state index is 11.6. The number of ether oxygens (including phenoxy) is 1. The van der Waals surface area contributed by atoms with Gasteiger partial charge in [0.1, 0.15) is 5.75 Å². The van der Waals surface area contributed by atoms with E-state index in [2.05, 4.69) is 22.4 Å². The van der Waals surface area contributed by atoms with E-state index in [1.165, 1.54) is 9.75 Å². The molecule has 5 rings (SSSR count). The lowest BCUT2D eigenvalue weighted by Gasteiger charge is -2.16. The number of methoxy groups -OCH3 is 1. The van der Waals surface area contributed by atoms with Gasteiger partial charge >= 0.3 is 0 Å². The Hall–Kier alpha value is -2.91. The molecule has 6 nitrogen and oxygen atoms in total. The van der Waals surface area contributed by atoms with Gasteiger partial charge in [-0.2, -0.15) is 0 Å². The molecule has 0 spiro atoms. The lowest BCUT2D eigenvalue weighted by molar-refractivity contribution is 0.416. The first-order chi connectivity index (χ1) is 15.1. The zero-order valence-electron chi connectivity index (χ0n) is 16.8. The minimum atomic E-state index is -1.54. The van der Waals surface area contributed by atoms with Gasteiger partial charge < -0.3 is 14.6 Å². The van der Waals surface area contributed by atoms with Gasteiger partial charge in [-0.15, -0.1) is 16.5 Å². The molecule has 31 heavy (non-hydrogen) atoms. The summed E-state index contributed by atoms with van der Waals surface area (Å²) in [5.41, 5.74) is 5.07. The van der Waals surface area contributed by atoms with Crippen LogP contribution in [0.15, 0.2) is 65.7 Å². The van der Waals surface area contributed by atoms with Crippen molar-refractivity contribution in [2.45, 2.75) is 17.7 Å². The molecule has 1 aliphatic carbocycles. The van der Waals surface area contributed by atoms with Gasteiger partial charge in [-0.1, -0.05) is 18.2 Å². The van der Waals surface area contributed by atoms with E-state index in [-0.39, 0.29) is 0 Å². The van der Waals surface area contributed by atoms with E-state index in [1.54, 1.807) is 36.6 Å². The van der Waals surface area contributed by atoms with Crippen LogP contribution in [0.1, 0.15) is 10.4 Å². The molecule has 0 fully saturated rings. The van der Waals surface area contributed by atoms with Crippen molar-refractivity contribution in [2.75, 3.05) is 12.4 Å². The van der Waals surface area contributed by atoms with E-state index in [1.807, 2.05) is 30.5 Å². The molecule has 0 radical (unpaired) electrons. The predicted octanol–water partition coefficient (Wildman–Crippen LogP) is 4.70. The van der Waals surface area contributed by atoms with Crippen LogP contribution < -0.4 is 15.2 Å². The number of nitrogens with two attached hydrogens (primary N) is 1. The molecule has 1 unspecified atom stereocenters. The molecule has 8 heteroatoms. The molecule has 1 atom stereocenters. The average molecular weight is 449 g/mol. The molecule has 2 aromatic heterocycles. The highest BCUT2D eigenvalue weighted by Gasteiger charge is 2.23. The van der Waals surface area contributed by atoms with Crippen molar-refractivity contribution in [3.05, 3.63) is 71.2 Å². The van der Waals surface area contributed by atoms with Crippen molar-refractivity contribution >= 4 is 34.3 Å². The molecule has 2 heterocycles. The van der Waals surface area contributed by atoms with E-state index >= 15 is 0 Å². The molecular formula is C23H20N4O2S2. The first-order valence-corrected chi connectivity index (χ1v) is 11.8. The normalized spacial score (nSPS) is 13.3. The molecule has 0 aliphatic heterocycles. The Kier molecular flexibility index (Phi) is 5.37. The Morgan fingerprint density at radius 1 is 1.10 bits per heavy atom. The smallest absolute Gasteiger partial charge is 0.227 e. The van der Waals surface area contributed by atoms with Crippen LogP contribution in [0.2, 0.25) is 0 Å². The van der Waals surface area contributed by atoms with Gasteiger partial charge in [0.15, 0.2) is 4.90 Å². The van der Waals surface area contributed by atoms with Gasteiger partial charge in [0.25, 0.3) is 0 Å². The molecule has 1 aliphatic rings. The number of aryl methyl sites for hydroxylation is 2. The Balaban J connectivity index is 1.50. The molecule has 0 saturated carbocycles. The van der Waals surface area contributed by atoms with Crippen molar-refractivity contribution in [2.24, 2.45) is 5.14 Å². The fraction of sp³-hybridized carbons (Fsp3) is 0.130. The van der Waals surface area contributed by atoms with Crippen molar-refractivity contribution in [3.8, 4) is 27.4 Å². The molecule has 0 bridgehead atoms. The molecule has 0 amide bonds. The summed E-state index contributed by atoms with van der Waals surface area (Å²) < 4.78 is 17.1. The first-order valence-electron chi connectivity index (χ1n) is 9.78. The number of rotatable bonds is 5. The van der Waals surface area contributed by atoms with Crippen LogP contribution in [-0.4, -0.2) is 21.6 Å². The Morgan fingerprint density at radius 2 is 1.97 bits per heavy atom. The van der Waals surface area contributed by atoms with Crippen molar-refractivity contribution in [1.82, 2.24) is 9.97 Å². The fourth-order valence-electron chi connectivity index (χ4n) is 3.76. The summed E-state index contributed by atoms with van der Waals surface area (Å²) in [7, 11) is 1.70. The van der Waals surface area contributed by atoms with Gasteiger partial charge in [-0.05, 0) is 48.7 Å². The van der Waals surface area contributed by atoms with Crippen molar-refractivity contribution in [3.63, 3.8) is 0 Å². The van der Waals surface area contributed by atoms with Crippen LogP contribution in [0.25, 0.3) is 21.7 Å². The Morgan fingerprint density at radius 3 is 2.81 bits per heavy atom. The van der Waals surface area contributed by atoms with Gasteiger partial charge in [-0.3, -0.25) is 0 Å². The second-order valence-corrected chi connectivity index (χ2v) is 9.37. The molecule has 3 N–H and O–H groups in total. The number of nitrogens with one attached hydrogen (secondary N) is 1. The number of para-hydroxylation sites is 1. The lowest BCUT2D eigenvalue weighted by atomic mass is 9.96. The van der Waals surface area contributed by atoms with E-state index < -0.39 is 11.4 Å². The van der Waals surface area contributed by atoms with Crippen LogP contribution in [-0.2, 0) is 24.2 Å². The van der Waals surface area contributed by atoms with Gasteiger partial charge in [0.05, 0.1) is 24.2 Å². The van der Waals surface area contributed by atoms with Crippen LogP contribution in [0.5, 0.6) is 5.75 Å². The third-order valence-corrected chi connectivity index (χ3v) is 7.19. The average Bonchev–Trinajstić information content (AvgIpc) is 3.24. The SMILES string of the molecule is COc1ccccc1-c1cc2c(s1)CCc1cnc(Nc3cccc([S+](N)[O-])c3)nc1-2. The lowest BCUT2D eigenvalue weighted by Crippen LogP contribution is -2.12. The van der Waals surface area contributed by atoms with E-state index in [4.69, 9.17) is 14.9 Å². The maximum Gasteiger partial charge on any atom is 0.227 e. The van der Waals surface area contributed by atoms with Crippen LogP contribution >= 0.6 is 11.3 Å². The van der Waals surface area contributed by atoms with Gasteiger partial charge in [-0.25, -0.2) is 9.97 Å². The molecule has 2 aromatic carbocycles. The van der Waals surface area contributed by atoms with Gasteiger partial charge in [0.2, 0.25) is 5.95 Å². The summed E-state index contributed by atoms with van der Waals surface area (Å²) in [5, 5.41) is 8.70. The predicted molar refractivity (Wildman–Crippen MR) is 125 cm³/mol. The van der Waals surface area contributed by atoms with Crippen LogP contribution in [0, 0.1) is 0 Å². The minimum Gasteiger partial charge on any atom is -0.593 e. The summed E-state index contributed by atoms with van der Waals surface area (Å²) >= 11 is 0.251. The summed E-state index contributed by atoms with van der Waals surface area (Å²) in [6, 6.07) is 17.4. The van der Waals surface area contributed by atoms with Crippen LogP contribution in [0.3, 0.4) is 0 Å². The molecule has 0 saturated heterocycles. The van der Waals surface area contributed by atoms with E-state index in [0.717, 1.165) is 46.7 Å². The van der Waals surface area contributed by atoms with E-state index in [9.17, 15) is 4.55 Å². The Bertz CT molecular complexity index is 1260. The number of anilines is 2. The second-order valence-electron chi connectivity index (χ2n) is 7.17. The largest absolute Gasteiger partial charge is 0.593 e. The number of aromatic nitrogens is 2. The second kappa shape index (κ2) is 8.32. The highest BCUT2D eigenvalue weighted by Crippen LogP contribution is 2.43. The Labute approximate surface area is 187 Å². The number of nitrogens with zero attached hydrogens (tertiary/aromatic N) is 2. The highest BCUT2D eigenvalue weighted by atomic mass is 32.2.